The molecule has 0 aromatic rings. The third-order valence-electron chi connectivity index (χ3n) is 3.49. The molecule has 1 unspecified atom stereocenters. The van der Waals surface area contributed by atoms with Gasteiger partial charge in [-0.25, -0.2) is 9.59 Å². The number of rotatable bonds is 12. The summed E-state index contributed by atoms with van der Waals surface area (Å²) < 4.78 is 172. The molecule has 0 aliphatic heterocycles. The first-order valence-electron chi connectivity index (χ1n) is 8.19. The minimum Gasteiger partial charge on any atom is -0.456 e. The average molecular weight is 544 g/mol. The number of ether oxygens (including phenoxy) is 3. The molecule has 0 aliphatic carbocycles. The normalized spacial score (nSPS) is 15.3. The molecule has 0 spiro atoms. The summed E-state index contributed by atoms with van der Waals surface area (Å²) in [6.45, 7) is 2.19. The monoisotopic (exact) mass is 544 g/mol. The summed E-state index contributed by atoms with van der Waals surface area (Å²) >= 11 is 0. The second-order valence-electron chi connectivity index (χ2n) is 6.02. The van der Waals surface area contributed by atoms with E-state index in [0.717, 1.165) is 0 Å². The molecule has 0 amide bonds. The second kappa shape index (κ2) is 10.5. The lowest BCUT2D eigenvalue weighted by atomic mass is 10.2. The van der Waals surface area contributed by atoms with Crippen molar-refractivity contribution in [2.75, 3.05) is 13.2 Å². The first-order chi connectivity index (χ1) is 15.0. The average Bonchev–Trinajstić information content (AvgIpc) is 2.64. The number of esters is 2. The van der Waals surface area contributed by atoms with Crippen LogP contribution in [0.5, 0.6) is 0 Å². The van der Waals surface area contributed by atoms with Crippen LogP contribution in [-0.2, 0) is 33.9 Å². The molecule has 0 aliphatic rings. The SMILES string of the molecule is C=CCOC(=O)C(OCCCC(F)(F)C(F)(F)S(=O)(=O)O)(OC(=O)C(=C)C(F)(F)F)C(F)(F)F. The van der Waals surface area contributed by atoms with Crippen LogP contribution in [0.1, 0.15) is 12.8 Å². The summed E-state index contributed by atoms with van der Waals surface area (Å²) in [4.78, 5) is 23.4. The van der Waals surface area contributed by atoms with Crippen molar-refractivity contribution in [1.82, 2.24) is 0 Å². The Balaban J connectivity index is 5.98. The fourth-order valence-electron chi connectivity index (χ4n) is 1.77. The highest BCUT2D eigenvalue weighted by atomic mass is 32.2. The Hall–Kier alpha value is -2.41. The van der Waals surface area contributed by atoms with Crippen molar-refractivity contribution >= 4 is 22.1 Å². The van der Waals surface area contributed by atoms with E-state index in [1.165, 1.54) is 0 Å². The molecule has 0 saturated heterocycles. The minimum atomic E-state index is -6.69. The molecule has 19 heteroatoms. The molecule has 34 heavy (non-hydrogen) atoms. The first-order valence-corrected chi connectivity index (χ1v) is 9.63. The Labute approximate surface area is 183 Å². The molecule has 0 radical (unpaired) electrons. The first kappa shape index (κ1) is 31.6. The number of hydrogen-bond donors (Lipinski definition) is 1. The fraction of sp³-hybridized carbons (Fsp3) is 0.600. The standard InChI is InChI=1S/C15H14F10O8S/c1-3-6-31-10(27)12(14(21,22)23,33-9(26)8(2)13(18,19)20)32-7-4-5-11(16,17)15(24,25)34(28,29)30/h3H,1-2,4-7H2,(H,28,29,30). The lowest BCUT2D eigenvalue weighted by Gasteiger charge is -2.32. The fourth-order valence-corrected chi connectivity index (χ4v) is 2.25. The summed E-state index contributed by atoms with van der Waals surface area (Å²) in [5.41, 5.74) is -2.56. The van der Waals surface area contributed by atoms with Crippen LogP contribution in [0.25, 0.3) is 0 Å². The van der Waals surface area contributed by atoms with Gasteiger partial charge in [-0.3, -0.25) is 4.55 Å². The zero-order chi connectivity index (χ0) is 27.4. The number of hydrogen-bond acceptors (Lipinski definition) is 7. The highest BCUT2D eigenvalue weighted by Gasteiger charge is 2.69. The zero-order valence-corrected chi connectivity index (χ0v) is 17.1. The van der Waals surface area contributed by atoms with Gasteiger partial charge in [-0.1, -0.05) is 19.2 Å². The predicted molar refractivity (Wildman–Crippen MR) is 87.9 cm³/mol. The molecule has 0 bridgehead atoms. The molecule has 0 rings (SSSR count). The van der Waals surface area contributed by atoms with Gasteiger partial charge in [0.15, 0.2) is 0 Å². The second-order valence-corrected chi connectivity index (χ2v) is 7.48. The topological polar surface area (TPSA) is 116 Å². The van der Waals surface area contributed by atoms with Gasteiger partial charge in [0.05, 0.1) is 6.61 Å². The Morgan fingerprint density at radius 2 is 1.47 bits per heavy atom. The summed E-state index contributed by atoms with van der Waals surface area (Å²) in [6.07, 6.45) is -15.1. The largest absolute Gasteiger partial charge is 0.468 e. The Morgan fingerprint density at radius 1 is 0.971 bits per heavy atom. The van der Waals surface area contributed by atoms with E-state index in [0.29, 0.717) is 6.08 Å². The van der Waals surface area contributed by atoms with Crippen LogP contribution in [-0.4, -0.2) is 67.4 Å². The van der Waals surface area contributed by atoms with Crippen LogP contribution >= 0.6 is 0 Å². The van der Waals surface area contributed by atoms with Gasteiger partial charge in [0.25, 0.3) is 0 Å². The molecular weight excluding hydrogens is 530 g/mol. The molecule has 0 saturated carbocycles. The number of carbonyl (C=O) groups excluding carboxylic acids is 2. The maximum atomic E-state index is 13.6. The van der Waals surface area contributed by atoms with E-state index >= 15 is 0 Å². The summed E-state index contributed by atoms with van der Waals surface area (Å²) in [5.74, 6) is -16.2. The predicted octanol–water partition coefficient (Wildman–Crippen LogP) is 3.55. The minimum absolute atomic E-state index is 0.660. The third kappa shape index (κ3) is 7.05. The van der Waals surface area contributed by atoms with Crippen LogP contribution in [0.4, 0.5) is 43.9 Å². The van der Waals surface area contributed by atoms with E-state index in [-0.39, 0.29) is 0 Å². The van der Waals surface area contributed by atoms with Crippen LogP contribution < -0.4 is 0 Å². The third-order valence-corrected chi connectivity index (χ3v) is 4.44. The number of carbonyl (C=O) groups is 2. The van der Waals surface area contributed by atoms with E-state index in [1.807, 2.05) is 0 Å². The highest BCUT2D eigenvalue weighted by molar-refractivity contribution is 7.87. The number of alkyl halides is 10. The smallest absolute Gasteiger partial charge is 0.456 e. The van der Waals surface area contributed by atoms with Crippen LogP contribution in [0.2, 0.25) is 0 Å². The Bertz CT molecular complexity index is 894. The molecule has 1 atom stereocenters. The molecule has 198 valence electrons. The van der Waals surface area contributed by atoms with E-state index in [9.17, 15) is 61.9 Å². The summed E-state index contributed by atoms with van der Waals surface area (Å²) in [5, 5.41) is -6.10. The van der Waals surface area contributed by atoms with Crippen molar-refractivity contribution in [1.29, 1.82) is 0 Å². The maximum absolute atomic E-state index is 13.6. The van der Waals surface area contributed by atoms with Gasteiger partial charge in [0, 0.05) is 6.42 Å². The Morgan fingerprint density at radius 3 is 1.85 bits per heavy atom. The van der Waals surface area contributed by atoms with Gasteiger partial charge in [-0.2, -0.15) is 52.3 Å². The van der Waals surface area contributed by atoms with Crippen LogP contribution in [0, 0.1) is 0 Å². The summed E-state index contributed by atoms with van der Waals surface area (Å²) in [6, 6.07) is 0. The van der Waals surface area contributed by atoms with Gasteiger partial charge >= 0.3 is 51.4 Å². The summed E-state index contributed by atoms with van der Waals surface area (Å²) in [7, 11) is -6.69. The molecule has 0 aromatic heterocycles. The van der Waals surface area contributed by atoms with Crippen molar-refractivity contribution in [2.45, 2.75) is 42.2 Å². The van der Waals surface area contributed by atoms with Gasteiger partial charge < -0.3 is 14.2 Å². The van der Waals surface area contributed by atoms with E-state index < -0.39 is 83.0 Å². The molecule has 1 N–H and O–H groups in total. The highest BCUT2D eigenvalue weighted by Crippen LogP contribution is 2.42. The molecule has 0 fully saturated rings. The van der Waals surface area contributed by atoms with E-state index in [1.54, 1.807) is 0 Å². The van der Waals surface area contributed by atoms with Crippen molar-refractivity contribution in [3.63, 3.8) is 0 Å². The van der Waals surface area contributed by atoms with Crippen molar-refractivity contribution in [2.24, 2.45) is 0 Å². The molecule has 0 heterocycles. The van der Waals surface area contributed by atoms with Crippen LogP contribution in [0.3, 0.4) is 0 Å². The van der Waals surface area contributed by atoms with Crippen molar-refractivity contribution in [3.05, 3.63) is 24.8 Å². The maximum Gasteiger partial charge on any atom is 0.468 e. The van der Waals surface area contributed by atoms with E-state index in [4.69, 9.17) is 4.55 Å². The van der Waals surface area contributed by atoms with Crippen LogP contribution in [0.15, 0.2) is 24.8 Å². The van der Waals surface area contributed by atoms with Gasteiger partial charge in [0.2, 0.25) is 0 Å². The van der Waals surface area contributed by atoms with Gasteiger partial charge in [-0.05, 0) is 6.42 Å². The lowest BCUT2D eigenvalue weighted by Crippen LogP contribution is -2.58. The molecule has 8 nitrogen and oxygen atoms in total. The zero-order valence-electron chi connectivity index (χ0n) is 16.3. The molecule has 0 aromatic carbocycles. The molecular formula is C15H14F10O8S. The lowest BCUT2D eigenvalue weighted by molar-refractivity contribution is -0.355. The van der Waals surface area contributed by atoms with Crippen molar-refractivity contribution < 1.29 is 80.7 Å². The quantitative estimate of drug-likeness (QED) is 0.0755. The number of halogens is 10. The van der Waals surface area contributed by atoms with Gasteiger partial charge in [0.1, 0.15) is 12.2 Å². The van der Waals surface area contributed by atoms with Crippen molar-refractivity contribution in [3.8, 4) is 0 Å². The van der Waals surface area contributed by atoms with E-state index in [2.05, 4.69) is 27.4 Å². The Kier molecular flexibility index (Phi) is 9.72. The van der Waals surface area contributed by atoms with Gasteiger partial charge in [-0.15, -0.1) is 0 Å².